The van der Waals surface area contributed by atoms with E-state index in [2.05, 4.69) is 4.72 Å². The summed E-state index contributed by atoms with van der Waals surface area (Å²) in [4.78, 5) is 38.1. The molecule has 164 valence electrons. The fraction of sp³-hybridized carbons (Fsp3) is 0.318. The second-order valence-electron chi connectivity index (χ2n) is 7.22. The van der Waals surface area contributed by atoms with E-state index in [4.69, 9.17) is 4.74 Å². The van der Waals surface area contributed by atoms with Gasteiger partial charge >= 0.3 is 5.97 Å². The van der Waals surface area contributed by atoms with Gasteiger partial charge in [0.2, 0.25) is 21.7 Å². The average Bonchev–Trinajstić information content (AvgIpc) is 3.17. The number of amides is 1. The lowest BCUT2D eigenvalue weighted by atomic mass is 10.0. The van der Waals surface area contributed by atoms with Gasteiger partial charge in [0.25, 0.3) is 0 Å². The number of carbonyl (C=O) groups excluding carboxylic acids is 3. The fourth-order valence-electron chi connectivity index (χ4n) is 3.40. The first-order chi connectivity index (χ1) is 14.7. The summed E-state index contributed by atoms with van der Waals surface area (Å²) in [7, 11) is -3.71. The molecule has 8 nitrogen and oxygen atoms in total. The zero-order valence-electron chi connectivity index (χ0n) is 17.3. The van der Waals surface area contributed by atoms with Crippen LogP contribution in [0.3, 0.4) is 0 Å². The van der Waals surface area contributed by atoms with Crippen LogP contribution in [-0.2, 0) is 30.8 Å². The van der Waals surface area contributed by atoms with Crippen molar-refractivity contribution in [3.63, 3.8) is 0 Å². The van der Waals surface area contributed by atoms with Crippen molar-refractivity contribution in [1.82, 2.24) is 4.72 Å². The van der Waals surface area contributed by atoms with E-state index in [0.717, 1.165) is 11.3 Å². The van der Waals surface area contributed by atoms with Crippen molar-refractivity contribution in [3.05, 3.63) is 59.7 Å². The summed E-state index contributed by atoms with van der Waals surface area (Å²) < 4.78 is 31.8. The van der Waals surface area contributed by atoms with Crippen LogP contribution in [0.5, 0.6) is 0 Å². The SMILES string of the molecule is CC(=O)N1CCc2cc(C(=O)[C@H](C)OC(=O)CCNS(=O)(=O)c3ccccc3)ccc21. The number of ketones is 1. The number of hydrogen-bond donors (Lipinski definition) is 1. The number of nitrogens with zero attached hydrogens (tertiary/aromatic N) is 1. The predicted octanol–water partition coefficient (Wildman–Crippen LogP) is 2.08. The van der Waals surface area contributed by atoms with Gasteiger partial charge in [-0.2, -0.15) is 0 Å². The number of Topliss-reactive ketones (excluding diaryl/α,β-unsaturated/α-hetero) is 1. The molecule has 3 rings (SSSR count). The van der Waals surface area contributed by atoms with Crippen LogP contribution < -0.4 is 9.62 Å². The van der Waals surface area contributed by atoms with Crippen molar-refractivity contribution < 1.29 is 27.5 Å². The number of benzene rings is 2. The molecule has 0 unspecified atom stereocenters. The van der Waals surface area contributed by atoms with Crippen molar-refractivity contribution in [3.8, 4) is 0 Å². The monoisotopic (exact) mass is 444 g/mol. The van der Waals surface area contributed by atoms with E-state index in [9.17, 15) is 22.8 Å². The lowest BCUT2D eigenvalue weighted by molar-refractivity contribution is -0.146. The molecule has 0 saturated heterocycles. The van der Waals surface area contributed by atoms with Crippen LogP contribution in [0.1, 0.15) is 36.2 Å². The highest BCUT2D eigenvalue weighted by Gasteiger charge is 2.25. The molecule has 0 bridgehead atoms. The predicted molar refractivity (Wildman–Crippen MR) is 114 cm³/mol. The molecule has 0 aromatic heterocycles. The minimum Gasteiger partial charge on any atom is -0.454 e. The standard InChI is InChI=1S/C22H24N2O6S/c1-15(22(27)18-8-9-20-17(14-18)11-13-24(20)16(2)25)30-21(26)10-12-23-31(28,29)19-6-4-3-5-7-19/h3-9,14-15,23H,10-13H2,1-2H3/t15-/m0/s1. The molecule has 1 amide bonds. The molecule has 1 aliphatic rings. The largest absolute Gasteiger partial charge is 0.454 e. The molecule has 0 fully saturated rings. The molecule has 0 radical (unpaired) electrons. The van der Waals surface area contributed by atoms with E-state index >= 15 is 0 Å². The molecule has 1 aliphatic heterocycles. The number of rotatable bonds is 8. The Labute approximate surface area is 181 Å². The number of anilines is 1. The summed E-state index contributed by atoms with van der Waals surface area (Å²) in [5, 5.41) is 0. The van der Waals surface area contributed by atoms with Crippen molar-refractivity contribution in [2.24, 2.45) is 0 Å². The third kappa shape index (κ3) is 5.36. The van der Waals surface area contributed by atoms with E-state index in [0.29, 0.717) is 18.5 Å². The van der Waals surface area contributed by atoms with Crippen LogP contribution in [0.15, 0.2) is 53.4 Å². The Kier molecular flexibility index (Phi) is 6.87. The van der Waals surface area contributed by atoms with Gasteiger partial charge in [-0.15, -0.1) is 0 Å². The zero-order chi connectivity index (χ0) is 22.6. The molecule has 1 heterocycles. The Bertz CT molecular complexity index is 1100. The molecular weight excluding hydrogens is 420 g/mol. The maximum absolute atomic E-state index is 12.6. The van der Waals surface area contributed by atoms with Crippen LogP contribution in [0.4, 0.5) is 5.69 Å². The first-order valence-corrected chi connectivity index (χ1v) is 11.4. The molecule has 31 heavy (non-hydrogen) atoms. The molecule has 0 saturated carbocycles. The lowest BCUT2D eigenvalue weighted by Crippen LogP contribution is -2.29. The van der Waals surface area contributed by atoms with Crippen molar-refractivity contribution in [1.29, 1.82) is 0 Å². The molecular formula is C22H24N2O6S. The van der Waals surface area contributed by atoms with E-state index in [1.165, 1.54) is 26.0 Å². The van der Waals surface area contributed by atoms with Gasteiger partial charge < -0.3 is 9.64 Å². The van der Waals surface area contributed by atoms with Crippen LogP contribution in [0.2, 0.25) is 0 Å². The second kappa shape index (κ2) is 9.40. The maximum Gasteiger partial charge on any atom is 0.307 e. The van der Waals surface area contributed by atoms with Gasteiger partial charge in [0.1, 0.15) is 0 Å². The van der Waals surface area contributed by atoms with Crippen LogP contribution in [0.25, 0.3) is 0 Å². The third-order valence-corrected chi connectivity index (χ3v) is 6.47. The highest BCUT2D eigenvalue weighted by Crippen LogP contribution is 2.29. The maximum atomic E-state index is 12.6. The number of ether oxygens (including phenoxy) is 1. The van der Waals surface area contributed by atoms with E-state index in [-0.39, 0.29) is 29.6 Å². The van der Waals surface area contributed by atoms with Gasteiger partial charge in [-0.3, -0.25) is 14.4 Å². The van der Waals surface area contributed by atoms with Gasteiger partial charge in [-0.25, -0.2) is 13.1 Å². The third-order valence-electron chi connectivity index (χ3n) is 4.99. The fourth-order valence-corrected chi connectivity index (χ4v) is 4.45. The summed E-state index contributed by atoms with van der Waals surface area (Å²) >= 11 is 0. The quantitative estimate of drug-likeness (QED) is 0.493. The van der Waals surface area contributed by atoms with E-state index < -0.39 is 22.1 Å². The number of fused-ring (bicyclic) bond motifs is 1. The second-order valence-corrected chi connectivity index (χ2v) is 8.99. The van der Waals surface area contributed by atoms with Gasteiger partial charge in [0.05, 0.1) is 11.3 Å². The van der Waals surface area contributed by atoms with Gasteiger partial charge in [-0.05, 0) is 49.2 Å². The molecule has 9 heteroatoms. The van der Waals surface area contributed by atoms with Crippen molar-refractivity contribution in [2.45, 2.75) is 37.7 Å². The van der Waals surface area contributed by atoms with Gasteiger partial charge in [-0.1, -0.05) is 18.2 Å². The number of nitrogens with one attached hydrogen (secondary N) is 1. The smallest absolute Gasteiger partial charge is 0.307 e. The molecule has 2 aromatic carbocycles. The Balaban J connectivity index is 1.53. The average molecular weight is 445 g/mol. The first-order valence-electron chi connectivity index (χ1n) is 9.88. The Morgan fingerprint density at radius 2 is 1.84 bits per heavy atom. The molecule has 1 atom stereocenters. The van der Waals surface area contributed by atoms with Gasteiger partial charge in [0.15, 0.2) is 6.10 Å². The van der Waals surface area contributed by atoms with E-state index in [1.807, 2.05) is 0 Å². The molecule has 0 spiro atoms. The minimum absolute atomic E-state index is 0.0528. The summed E-state index contributed by atoms with van der Waals surface area (Å²) in [6.07, 6.45) is -0.561. The molecule has 0 aliphatic carbocycles. The number of carbonyl (C=O) groups is 3. The Morgan fingerprint density at radius 1 is 1.13 bits per heavy atom. The minimum atomic E-state index is -3.71. The lowest BCUT2D eigenvalue weighted by Gasteiger charge is -2.16. The van der Waals surface area contributed by atoms with Crippen LogP contribution >= 0.6 is 0 Å². The number of sulfonamides is 1. The van der Waals surface area contributed by atoms with Crippen LogP contribution in [-0.4, -0.2) is 45.3 Å². The Morgan fingerprint density at radius 3 is 2.52 bits per heavy atom. The zero-order valence-corrected chi connectivity index (χ0v) is 18.1. The molecule has 2 aromatic rings. The summed E-state index contributed by atoms with van der Waals surface area (Å²) in [5.41, 5.74) is 2.09. The topological polar surface area (TPSA) is 110 Å². The highest BCUT2D eigenvalue weighted by molar-refractivity contribution is 7.89. The Hall–Kier alpha value is -3.04. The highest BCUT2D eigenvalue weighted by atomic mass is 32.2. The molecule has 1 N–H and O–H groups in total. The number of esters is 1. The van der Waals surface area contributed by atoms with Gasteiger partial charge in [0, 0.05) is 31.3 Å². The van der Waals surface area contributed by atoms with Crippen LogP contribution in [0, 0.1) is 0 Å². The summed E-state index contributed by atoms with van der Waals surface area (Å²) in [5.74, 6) is -1.09. The normalized spacial score (nSPS) is 14.1. The van der Waals surface area contributed by atoms with Crippen molar-refractivity contribution in [2.75, 3.05) is 18.0 Å². The first kappa shape index (κ1) is 22.6. The van der Waals surface area contributed by atoms with E-state index in [1.54, 1.807) is 41.3 Å². The number of hydrogen-bond acceptors (Lipinski definition) is 6. The summed E-state index contributed by atoms with van der Waals surface area (Å²) in [6.45, 7) is 3.40. The summed E-state index contributed by atoms with van der Waals surface area (Å²) in [6, 6.07) is 12.9. The van der Waals surface area contributed by atoms with Crippen molar-refractivity contribution >= 4 is 33.4 Å².